The number of aromatic nitrogens is 2. The fourth-order valence-corrected chi connectivity index (χ4v) is 3.47. The van der Waals surface area contributed by atoms with E-state index < -0.39 is 10.0 Å². The van der Waals surface area contributed by atoms with Gasteiger partial charge in [-0.25, -0.2) is 8.42 Å². The summed E-state index contributed by atoms with van der Waals surface area (Å²) in [5.41, 5.74) is 0.869. The van der Waals surface area contributed by atoms with Gasteiger partial charge in [-0.05, 0) is 19.1 Å². The predicted molar refractivity (Wildman–Crippen MR) is 83.0 cm³/mol. The highest BCUT2D eigenvalue weighted by atomic mass is 32.2. The summed E-state index contributed by atoms with van der Waals surface area (Å²) in [4.78, 5) is 1.92. The minimum Gasteiger partial charge on any atom is -0.403 e. The first-order valence-corrected chi connectivity index (χ1v) is 8.83. The molecule has 7 nitrogen and oxygen atoms in total. The molecule has 118 valence electrons. The van der Waals surface area contributed by atoms with E-state index >= 15 is 0 Å². The van der Waals surface area contributed by atoms with Crippen molar-refractivity contribution < 1.29 is 12.8 Å². The number of benzene rings is 1. The summed E-state index contributed by atoms with van der Waals surface area (Å²) in [5.74, 6) is 0.602. The normalized spacial score (nSPS) is 16.9. The van der Waals surface area contributed by atoms with Gasteiger partial charge in [-0.15, -0.1) is 5.10 Å². The molecule has 22 heavy (non-hydrogen) atoms. The van der Waals surface area contributed by atoms with Crippen molar-refractivity contribution in [2.75, 3.05) is 36.8 Å². The van der Waals surface area contributed by atoms with Gasteiger partial charge in [-0.1, -0.05) is 23.3 Å². The van der Waals surface area contributed by atoms with Crippen LogP contribution in [0.5, 0.6) is 0 Å². The first kappa shape index (κ1) is 15.0. The Morgan fingerprint density at radius 2 is 1.77 bits per heavy atom. The van der Waals surface area contributed by atoms with Crippen molar-refractivity contribution in [3.8, 4) is 11.5 Å². The van der Waals surface area contributed by atoms with Gasteiger partial charge in [0.05, 0.1) is 5.75 Å². The predicted octanol–water partition coefficient (Wildman–Crippen LogP) is 1.21. The third kappa shape index (κ3) is 2.97. The topological polar surface area (TPSA) is 79.5 Å². The Bertz CT molecular complexity index is 722. The molecular weight excluding hydrogens is 304 g/mol. The molecule has 0 aliphatic carbocycles. The average molecular weight is 322 g/mol. The van der Waals surface area contributed by atoms with Crippen LogP contribution in [0.25, 0.3) is 11.5 Å². The lowest BCUT2D eigenvalue weighted by molar-refractivity contribution is 0.373. The van der Waals surface area contributed by atoms with E-state index in [4.69, 9.17) is 4.42 Å². The highest BCUT2D eigenvalue weighted by molar-refractivity contribution is 7.89. The SMILES string of the molecule is CCS(=O)(=O)N1CCN(c2nnc(-c3ccccc3)o2)CC1. The zero-order valence-corrected chi connectivity index (χ0v) is 13.2. The zero-order valence-electron chi connectivity index (χ0n) is 12.3. The van der Waals surface area contributed by atoms with Crippen molar-refractivity contribution in [3.05, 3.63) is 30.3 Å². The van der Waals surface area contributed by atoms with Crippen molar-refractivity contribution in [2.24, 2.45) is 0 Å². The van der Waals surface area contributed by atoms with Crippen LogP contribution in [0.2, 0.25) is 0 Å². The van der Waals surface area contributed by atoms with Crippen LogP contribution in [0.3, 0.4) is 0 Å². The lowest BCUT2D eigenvalue weighted by Crippen LogP contribution is -2.49. The number of rotatable bonds is 4. The van der Waals surface area contributed by atoms with Crippen molar-refractivity contribution >= 4 is 16.0 Å². The summed E-state index contributed by atoms with van der Waals surface area (Å²) in [5, 5.41) is 8.12. The summed E-state index contributed by atoms with van der Waals surface area (Å²) in [6.07, 6.45) is 0. The summed E-state index contributed by atoms with van der Waals surface area (Å²) in [7, 11) is -3.12. The van der Waals surface area contributed by atoms with Crippen LogP contribution in [0.1, 0.15) is 6.92 Å². The van der Waals surface area contributed by atoms with E-state index in [1.807, 2.05) is 35.2 Å². The first-order chi connectivity index (χ1) is 10.6. The summed E-state index contributed by atoms with van der Waals surface area (Å²) in [6, 6.07) is 9.99. The smallest absolute Gasteiger partial charge is 0.318 e. The van der Waals surface area contributed by atoms with Crippen LogP contribution in [0.15, 0.2) is 34.7 Å². The van der Waals surface area contributed by atoms with Gasteiger partial charge in [0.15, 0.2) is 0 Å². The lowest BCUT2D eigenvalue weighted by Gasteiger charge is -2.32. The van der Waals surface area contributed by atoms with Crippen LogP contribution in [0, 0.1) is 0 Å². The maximum atomic E-state index is 11.8. The Balaban J connectivity index is 1.69. The van der Waals surface area contributed by atoms with E-state index in [1.54, 1.807) is 6.92 Å². The Kier molecular flexibility index (Phi) is 4.12. The highest BCUT2D eigenvalue weighted by Crippen LogP contribution is 2.22. The van der Waals surface area contributed by atoms with Gasteiger partial charge in [0.25, 0.3) is 0 Å². The number of nitrogens with zero attached hydrogens (tertiary/aromatic N) is 4. The van der Waals surface area contributed by atoms with E-state index in [2.05, 4.69) is 10.2 Å². The molecular formula is C14H18N4O3S. The first-order valence-electron chi connectivity index (χ1n) is 7.22. The molecule has 1 aliphatic rings. The van der Waals surface area contributed by atoms with Gasteiger partial charge in [0, 0.05) is 31.7 Å². The molecule has 8 heteroatoms. The Hall–Kier alpha value is -1.93. The van der Waals surface area contributed by atoms with Gasteiger partial charge in [-0.3, -0.25) is 0 Å². The van der Waals surface area contributed by atoms with E-state index in [0.717, 1.165) is 5.56 Å². The third-order valence-corrected chi connectivity index (χ3v) is 5.58. The average Bonchev–Trinajstić information content (AvgIpc) is 3.06. The van der Waals surface area contributed by atoms with E-state index in [-0.39, 0.29) is 5.75 Å². The summed E-state index contributed by atoms with van der Waals surface area (Å²) < 4.78 is 30.9. The molecule has 0 bridgehead atoms. The van der Waals surface area contributed by atoms with Gasteiger partial charge in [0.2, 0.25) is 15.9 Å². The van der Waals surface area contributed by atoms with Crippen LogP contribution < -0.4 is 4.90 Å². The van der Waals surface area contributed by atoms with Crippen molar-refractivity contribution in [2.45, 2.75) is 6.92 Å². The fourth-order valence-electron chi connectivity index (χ4n) is 2.38. The number of sulfonamides is 1. The molecule has 1 fully saturated rings. The van der Waals surface area contributed by atoms with Gasteiger partial charge >= 0.3 is 6.01 Å². The number of anilines is 1. The lowest BCUT2D eigenvalue weighted by atomic mass is 10.2. The van der Waals surface area contributed by atoms with E-state index in [1.165, 1.54) is 4.31 Å². The monoisotopic (exact) mass is 322 g/mol. The van der Waals surface area contributed by atoms with Crippen LogP contribution in [0.4, 0.5) is 6.01 Å². The minimum absolute atomic E-state index is 0.131. The second-order valence-electron chi connectivity index (χ2n) is 5.04. The van der Waals surface area contributed by atoms with E-state index in [0.29, 0.717) is 38.1 Å². The van der Waals surface area contributed by atoms with Crippen molar-refractivity contribution in [3.63, 3.8) is 0 Å². The van der Waals surface area contributed by atoms with Crippen LogP contribution in [-0.2, 0) is 10.0 Å². The Labute approximate surface area is 129 Å². The molecule has 1 saturated heterocycles. The molecule has 0 amide bonds. The number of piperazine rings is 1. The molecule has 1 aliphatic heterocycles. The second-order valence-corrected chi connectivity index (χ2v) is 7.30. The van der Waals surface area contributed by atoms with Crippen molar-refractivity contribution in [1.29, 1.82) is 0 Å². The molecule has 2 aromatic rings. The molecule has 0 saturated carbocycles. The van der Waals surface area contributed by atoms with E-state index in [9.17, 15) is 8.42 Å². The van der Waals surface area contributed by atoms with Gasteiger partial charge in [-0.2, -0.15) is 4.31 Å². The van der Waals surface area contributed by atoms with Crippen molar-refractivity contribution in [1.82, 2.24) is 14.5 Å². The molecule has 2 heterocycles. The quantitative estimate of drug-likeness (QED) is 0.842. The zero-order chi connectivity index (χ0) is 15.6. The van der Waals surface area contributed by atoms with Gasteiger partial charge < -0.3 is 9.32 Å². The molecule has 1 aromatic carbocycles. The van der Waals surface area contributed by atoms with Crippen LogP contribution >= 0.6 is 0 Å². The Morgan fingerprint density at radius 1 is 1.09 bits per heavy atom. The third-order valence-electron chi connectivity index (χ3n) is 3.70. The molecule has 0 spiro atoms. The number of hydrogen-bond acceptors (Lipinski definition) is 6. The maximum Gasteiger partial charge on any atom is 0.318 e. The molecule has 1 aromatic heterocycles. The largest absolute Gasteiger partial charge is 0.403 e. The molecule has 0 radical (unpaired) electrons. The standard InChI is InChI=1S/C14H18N4O3S/c1-2-22(19,20)18-10-8-17(9-11-18)14-16-15-13(21-14)12-6-4-3-5-7-12/h3-7H,2,8-11H2,1H3. The molecule has 0 unspecified atom stereocenters. The summed E-state index contributed by atoms with van der Waals surface area (Å²) >= 11 is 0. The molecule has 3 rings (SSSR count). The Morgan fingerprint density at radius 3 is 2.41 bits per heavy atom. The van der Waals surface area contributed by atoms with Gasteiger partial charge in [0.1, 0.15) is 0 Å². The minimum atomic E-state index is -3.12. The number of hydrogen-bond donors (Lipinski definition) is 0. The van der Waals surface area contributed by atoms with Crippen LogP contribution in [-0.4, -0.2) is 54.9 Å². The highest BCUT2D eigenvalue weighted by Gasteiger charge is 2.27. The maximum absolute atomic E-state index is 11.8. The summed E-state index contributed by atoms with van der Waals surface area (Å²) in [6.45, 7) is 3.65. The fraction of sp³-hybridized carbons (Fsp3) is 0.429. The molecule has 0 N–H and O–H groups in total. The second kappa shape index (κ2) is 6.05. The molecule has 0 atom stereocenters.